The summed E-state index contributed by atoms with van der Waals surface area (Å²) in [6.07, 6.45) is -1.92. The fourth-order valence-corrected chi connectivity index (χ4v) is 8.03. The minimum atomic E-state index is -4.24. The van der Waals surface area contributed by atoms with Crippen molar-refractivity contribution in [2.75, 3.05) is 13.7 Å². The summed E-state index contributed by atoms with van der Waals surface area (Å²) in [6.45, 7) is 8.21. The van der Waals surface area contributed by atoms with Gasteiger partial charge in [-0.15, -0.1) is 11.3 Å². The Balaban J connectivity index is 2.16. The van der Waals surface area contributed by atoms with Crippen LogP contribution < -0.4 is 5.32 Å². The van der Waals surface area contributed by atoms with Crippen LogP contribution >= 0.6 is 11.3 Å². The van der Waals surface area contributed by atoms with Crippen molar-refractivity contribution in [3.8, 4) is 0 Å². The number of nitrogens with zero attached hydrogens (tertiary/aromatic N) is 1. The molecule has 1 N–H and O–H groups in total. The molecule has 3 unspecified atom stereocenters. The molecule has 2 rings (SSSR count). The van der Waals surface area contributed by atoms with Crippen molar-refractivity contribution in [3.05, 3.63) is 11.6 Å². The number of carbonyl (C=O) groups is 2. The highest BCUT2D eigenvalue weighted by atomic mass is 32.3. The number of ether oxygens (including phenoxy) is 3. The van der Waals surface area contributed by atoms with Gasteiger partial charge in [0.05, 0.1) is 11.5 Å². The smallest absolute Gasteiger partial charge is 0.347 e. The van der Waals surface area contributed by atoms with Crippen molar-refractivity contribution in [2.24, 2.45) is 4.40 Å². The number of hydrogen-bond donors (Lipinski definition) is 1. The molecule has 0 aromatic carbocycles. The molecule has 14 heteroatoms. The largest absolute Gasteiger partial charge is 0.454 e. The summed E-state index contributed by atoms with van der Waals surface area (Å²) in [5.41, 5.74) is 0.416. The Morgan fingerprint density at radius 1 is 1.24 bits per heavy atom. The number of thiophene rings is 1. The molecule has 1 aromatic heterocycles. The SMILES string of the molecule is CCN[C@H]1C[C@H](C)S(=O)(=O)c2sc(S(=O)(=O)/N=C/C(C)OC(=O)C(C)OC(=O)C(C)OC)cc21. The maximum Gasteiger partial charge on any atom is 0.347 e. The fourth-order valence-electron chi connectivity index (χ4n) is 3.11. The van der Waals surface area contributed by atoms with Crippen LogP contribution in [0.5, 0.6) is 0 Å². The van der Waals surface area contributed by atoms with Gasteiger partial charge in [0.2, 0.25) is 0 Å². The highest BCUT2D eigenvalue weighted by Gasteiger charge is 2.39. The molecule has 1 aliphatic heterocycles. The van der Waals surface area contributed by atoms with Gasteiger partial charge in [0.1, 0.15) is 14.5 Å². The number of sulfonamides is 1. The molecule has 0 fully saturated rings. The molecular formula is C20H30N2O9S3. The molecule has 1 aromatic rings. The van der Waals surface area contributed by atoms with E-state index in [9.17, 15) is 26.4 Å². The molecular weight excluding hydrogens is 508 g/mol. The first-order valence-corrected chi connectivity index (χ1v) is 14.4. The van der Waals surface area contributed by atoms with Gasteiger partial charge < -0.3 is 19.5 Å². The number of carbonyl (C=O) groups excluding carboxylic acids is 2. The summed E-state index contributed by atoms with van der Waals surface area (Å²) in [7, 11) is -6.57. The second-order valence-electron chi connectivity index (χ2n) is 7.84. The Morgan fingerprint density at radius 2 is 1.85 bits per heavy atom. The van der Waals surface area contributed by atoms with Crippen LogP contribution in [-0.2, 0) is 43.7 Å². The number of sulfone groups is 1. The first kappa shape index (κ1) is 28.4. The highest BCUT2D eigenvalue weighted by Crippen LogP contribution is 2.43. The molecule has 2 heterocycles. The zero-order valence-electron chi connectivity index (χ0n) is 19.8. The summed E-state index contributed by atoms with van der Waals surface area (Å²) in [5.74, 6) is -1.65. The molecule has 34 heavy (non-hydrogen) atoms. The van der Waals surface area contributed by atoms with Gasteiger partial charge >= 0.3 is 11.9 Å². The quantitative estimate of drug-likeness (QED) is 0.343. The number of hydrogen-bond acceptors (Lipinski definition) is 11. The Morgan fingerprint density at radius 3 is 2.44 bits per heavy atom. The van der Waals surface area contributed by atoms with Crippen LogP contribution in [0, 0.1) is 0 Å². The Labute approximate surface area is 203 Å². The van der Waals surface area contributed by atoms with E-state index in [0.717, 1.165) is 6.21 Å². The zero-order chi connectivity index (χ0) is 25.8. The lowest BCUT2D eigenvalue weighted by Crippen LogP contribution is -2.33. The zero-order valence-corrected chi connectivity index (χ0v) is 22.3. The molecule has 5 atom stereocenters. The van der Waals surface area contributed by atoms with E-state index in [1.54, 1.807) is 6.92 Å². The van der Waals surface area contributed by atoms with Gasteiger partial charge in [0, 0.05) is 18.7 Å². The Hall–Kier alpha value is -1.87. The third kappa shape index (κ3) is 6.42. The standard InChI is InChI=1S/C20H30N2O9S3/c1-7-21-16-8-12(3)33(25,26)20-15(16)9-17(32-20)34(27,28)22-10-11(2)30-19(24)14(5)31-18(23)13(4)29-6/h9-14,16,21H,7-8H2,1-6H3/b22-10+/t11?,12-,13?,14?,16-/m0/s1. The molecule has 192 valence electrons. The topological polar surface area (TPSA) is 154 Å². The van der Waals surface area contributed by atoms with Crippen molar-refractivity contribution < 1.29 is 40.6 Å². The molecule has 0 bridgehead atoms. The Bertz CT molecular complexity index is 1140. The molecule has 1 aliphatic rings. The molecule has 0 aliphatic carbocycles. The molecule has 0 saturated heterocycles. The molecule has 0 spiro atoms. The monoisotopic (exact) mass is 538 g/mol. The van der Waals surface area contributed by atoms with Crippen molar-refractivity contribution in [2.45, 2.75) is 79.1 Å². The van der Waals surface area contributed by atoms with Crippen LogP contribution in [-0.4, -0.2) is 72.2 Å². The molecule has 0 saturated carbocycles. The van der Waals surface area contributed by atoms with Crippen molar-refractivity contribution in [1.29, 1.82) is 0 Å². The highest BCUT2D eigenvalue weighted by molar-refractivity contribution is 7.96. The number of esters is 2. The Kier molecular flexibility index (Phi) is 9.38. The fraction of sp³-hybridized carbons (Fsp3) is 0.650. The average molecular weight is 539 g/mol. The summed E-state index contributed by atoms with van der Waals surface area (Å²) in [4.78, 5) is 23.8. The lowest BCUT2D eigenvalue weighted by molar-refractivity contribution is -0.173. The van der Waals surface area contributed by atoms with E-state index in [1.807, 2.05) is 6.92 Å². The van der Waals surface area contributed by atoms with Crippen LogP contribution in [0.15, 0.2) is 18.9 Å². The van der Waals surface area contributed by atoms with E-state index < -0.39 is 55.4 Å². The van der Waals surface area contributed by atoms with E-state index >= 15 is 0 Å². The van der Waals surface area contributed by atoms with Crippen molar-refractivity contribution in [1.82, 2.24) is 5.32 Å². The maximum atomic E-state index is 12.8. The average Bonchev–Trinajstić information content (AvgIpc) is 3.23. The van der Waals surface area contributed by atoms with E-state index in [-0.39, 0.29) is 14.5 Å². The summed E-state index contributed by atoms with van der Waals surface area (Å²) in [6, 6.07) is 1.05. The lowest BCUT2D eigenvalue weighted by Gasteiger charge is -2.27. The molecule has 0 radical (unpaired) electrons. The molecule has 11 nitrogen and oxygen atoms in total. The second kappa shape index (κ2) is 11.2. The first-order valence-electron chi connectivity index (χ1n) is 10.6. The van der Waals surface area contributed by atoms with Gasteiger partial charge in [-0.25, -0.2) is 18.0 Å². The van der Waals surface area contributed by atoms with Gasteiger partial charge in [-0.3, -0.25) is 0 Å². The summed E-state index contributed by atoms with van der Waals surface area (Å²) >= 11 is 0.658. The third-order valence-electron chi connectivity index (χ3n) is 5.16. The van der Waals surface area contributed by atoms with Crippen LogP contribution in [0.2, 0.25) is 0 Å². The number of methoxy groups -OCH3 is 1. The van der Waals surface area contributed by atoms with Gasteiger partial charge in [0.25, 0.3) is 10.0 Å². The van der Waals surface area contributed by atoms with Crippen LogP contribution in [0.4, 0.5) is 0 Å². The van der Waals surface area contributed by atoms with E-state index in [1.165, 1.54) is 33.9 Å². The predicted octanol–water partition coefficient (Wildman–Crippen LogP) is 1.62. The van der Waals surface area contributed by atoms with Crippen LogP contribution in [0.25, 0.3) is 0 Å². The normalized spacial score (nSPS) is 22.5. The number of fused-ring (bicyclic) bond motifs is 1. The minimum Gasteiger partial charge on any atom is -0.454 e. The van der Waals surface area contributed by atoms with Crippen LogP contribution in [0.1, 0.15) is 52.6 Å². The first-order chi connectivity index (χ1) is 15.7. The summed E-state index contributed by atoms with van der Waals surface area (Å²) < 4.78 is 69.1. The second-order valence-corrected chi connectivity index (χ2v) is 13.3. The van der Waals surface area contributed by atoms with Gasteiger partial charge in [-0.1, -0.05) is 6.92 Å². The van der Waals surface area contributed by atoms with E-state index in [2.05, 4.69) is 9.71 Å². The van der Waals surface area contributed by atoms with Crippen molar-refractivity contribution >= 4 is 49.4 Å². The van der Waals surface area contributed by atoms with Crippen molar-refractivity contribution in [3.63, 3.8) is 0 Å². The number of rotatable bonds is 10. The lowest BCUT2D eigenvalue weighted by atomic mass is 10.1. The van der Waals surface area contributed by atoms with E-state index in [0.29, 0.717) is 29.9 Å². The van der Waals surface area contributed by atoms with Gasteiger partial charge in [0.15, 0.2) is 22.0 Å². The maximum absolute atomic E-state index is 12.8. The van der Waals surface area contributed by atoms with Crippen LogP contribution in [0.3, 0.4) is 0 Å². The molecule has 0 amide bonds. The van der Waals surface area contributed by atoms with Gasteiger partial charge in [-0.2, -0.15) is 12.8 Å². The minimum absolute atomic E-state index is 0.0198. The van der Waals surface area contributed by atoms with E-state index in [4.69, 9.17) is 14.2 Å². The van der Waals surface area contributed by atoms with Gasteiger partial charge in [-0.05, 0) is 46.7 Å². The summed E-state index contributed by atoms with van der Waals surface area (Å²) in [5, 5.41) is 2.54. The number of nitrogens with one attached hydrogen (secondary N) is 1. The third-order valence-corrected chi connectivity index (χ3v) is 10.8. The predicted molar refractivity (Wildman–Crippen MR) is 125 cm³/mol.